The Bertz CT molecular complexity index is 930. The maximum absolute atomic E-state index is 13.0. The average Bonchev–Trinajstić information content (AvgIpc) is 3.11. The van der Waals surface area contributed by atoms with E-state index in [-0.39, 0.29) is 12.5 Å². The molecule has 2 aromatic carbocycles. The number of benzene rings is 2. The number of para-hydroxylation sites is 1. The summed E-state index contributed by atoms with van der Waals surface area (Å²) in [6.07, 6.45) is 1.25. The lowest BCUT2D eigenvalue weighted by atomic mass is 9.92. The lowest BCUT2D eigenvalue weighted by Gasteiger charge is -2.22. The van der Waals surface area contributed by atoms with Gasteiger partial charge in [0.1, 0.15) is 12.1 Å². The van der Waals surface area contributed by atoms with E-state index >= 15 is 0 Å². The highest BCUT2D eigenvalue weighted by Gasteiger charge is 2.55. The molecule has 1 fully saturated rings. The van der Waals surface area contributed by atoms with Crippen molar-refractivity contribution in [2.45, 2.75) is 18.4 Å². The normalized spacial score (nSPS) is 21.0. The predicted molar refractivity (Wildman–Crippen MR) is 104 cm³/mol. The van der Waals surface area contributed by atoms with Gasteiger partial charge in [-0.1, -0.05) is 36.4 Å². The van der Waals surface area contributed by atoms with Crippen molar-refractivity contribution in [3.05, 3.63) is 63.2 Å². The minimum Gasteiger partial charge on any atom is -0.324 e. The summed E-state index contributed by atoms with van der Waals surface area (Å²) >= 11 is 2.12. The van der Waals surface area contributed by atoms with Crippen molar-refractivity contribution in [1.29, 1.82) is 0 Å². The molecule has 4 amide bonds. The molecule has 1 saturated heterocycles. The Labute approximate surface area is 164 Å². The summed E-state index contributed by atoms with van der Waals surface area (Å²) in [5.74, 6) is -0.758. The van der Waals surface area contributed by atoms with Crippen LogP contribution in [-0.4, -0.2) is 29.3 Å². The molecule has 2 N–H and O–H groups in total. The zero-order valence-corrected chi connectivity index (χ0v) is 15.9. The number of nitrogens with one attached hydrogen (secondary N) is 2. The predicted octanol–water partition coefficient (Wildman–Crippen LogP) is 2.62. The van der Waals surface area contributed by atoms with E-state index in [0.717, 1.165) is 26.0 Å². The molecule has 26 heavy (non-hydrogen) atoms. The van der Waals surface area contributed by atoms with E-state index < -0.39 is 17.5 Å². The molecule has 1 spiro atoms. The highest BCUT2D eigenvalue weighted by Crippen LogP contribution is 2.41. The number of hydrogen-bond donors (Lipinski definition) is 2. The Morgan fingerprint density at radius 3 is 2.69 bits per heavy atom. The first kappa shape index (κ1) is 17.0. The standard InChI is InChI=1S/C19H16IN3O3/c20-14-7-3-4-8-15(14)21-16(24)11-23-17(25)19(22-18(23)26)10-9-12-5-1-2-6-13(12)19/h1-8H,9-11H2,(H,21,24)(H,22,26). The Balaban J connectivity index is 1.54. The van der Waals surface area contributed by atoms with E-state index in [4.69, 9.17) is 0 Å². The summed E-state index contributed by atoms with van der Waals surface area (Å²) in [4.78, 5) is 38.8. The van der Waals surface area contributed by atoms with Crippen molar-refractivity contribution in [3.63, 3.8) is 0 Å². The Morgan fingerprint density at radius 1 is 1.15 bits per heavy atom. The average molecular weight is 461 g/mol. The van der Waals surface area contributed by atoms with Crippen LogP contribution in [0.5, 0.6) is 0 Å². The van der Waals surface area contributed by atoms with E-state index in [0.29, 0.717) is 12.1 Å². The number of halogens is 1. The number of urea groups is 1. The topological polar surface area (TPSA) is 78.5 Å². The summed E-state index contributed by atoms with van der Waals surface area (Å²) < 4.78 is 0.886. The second-order valence-corrected chi connectivity index (χ2v) is 7.57. The van der Waals surface area contributed by atoms with Crippen molar-refractivity contribution in [2.75, 3.05) is 11.9 Å². The molecule has 0 bridgehead atoms. The fraction of sp³-hybridized carbons (Fsp3) is 0.211. The number of nitrogens with zero attached hydrogens (tertiary/aromatic N) is 1. The molecule has 1 heterocycles. The first-order valence-electron chi connectivity index (χ1n) is 8.28. The van der Waals surface area contributed by atoms with Crippen LogP contribution in [0.1, 0.15) is 17.5 Å². The summed E-state index contributed by atoms with van der Waals surface area (Å²) in [5, 5.41) is 5.58. The van der Waals surface area contributed by atoms with Gasteiger partial charge < -0.3 is 10.6 Å². The van der Waals surface area contributed by atoms with Gasteiger partial charge in [-0.3, -0.25) is 14.5 Å². The Kier molecular flexibility index (Phi) is 4.18. The van der Waals surface area contributed by atoms with Gasteiger partial charge >= 0.3 is 6.03 Å². The van der Waals surface area contributed by atoms with Gasteiger partial charge in [0.15, 0.2) is 0 Å². The van der Waals surface area contributed by atoms with Gasteiger partial charge in [-0.25, -0.2) is 4.79 Å². The lowest BCUT2D eigenvalue weighted by molar-refractivity contribution is -0.134. The van der Waals surface area contributed by atoms with Crippen LogP contribution in [-0.2, 0) is 21.5 Å². The van der Waals surface area contributed by atoms with Crippen molar-refractivity contribution in [2.24, 2.45) is 0 Å². The molecular formula is C19H16IN3O3. The van der Waals surface area contributed by atoms with E-state index in [9.17, 15) is 14.4 Å². The molecule has 0 saturated carbocycles. The van der Waals surface area contributed by atoms with Crippen molar-refractivity contribution in [3.8, 4) is 0 Å². The third kappa shape index (κ3) is 2.66. The van der Waals surface area contributed by atoms with Crippen LogP contribution in [0, 0.1) is 3.57 Å². The molecule has 2 aliphatic rings. The molecule has 7 heteroatoms. The lowest BCUT2D eigenvalue weighted by Crippen LogP contribution is -2.43. The number of carbonyl (C=O) groups is 3. The number of aryl methyl sites for hydroxylation is 1. The van der Waals surface area contributed by atoms with Gasteiger partial charge in [0.2, 0.25) is 5.91 Å². The zero-order chi connectivity index (χ0) is 18.3. The molecule has 1 unspecified atom stereocenters. The monoisotopic (exact) mass is 461 g/mol. The highest BCUT2D eigenvalue weighted by molar-refractivity contribution is 14.1. The van der Waals surface area contributed by atoms with E-state index in [1.54, 1.807) is 6.07 Å². The van der Waals surface area contributed by atoms with Gasteiger partial charge in [0, 0.05) is 3.57 Å². The van der Waals surface area contributed by atoms with Gasteiger partial charge in [0.05, 0.1) is 5.69 Å². The largest absolute Gasteiger partial charge is 0.325 e. The molecule has 6 nitrogen and oxygen atoms in total. The molecule has 132 valence electrons. The van der Waals surface area contributed by atoms with Crippen LogP contribution in [0.2, 0.25) is 0 Å². The fourth-order valence-corrected chi connectivity index (χ4v) is 4.15. The maximum Gasteiger partial charge on any atom is 0.325 e. The summed E-state index contributed by atoms with van der Waals surface area (Å²) in [5.41, 5.74) is 1.52. The zero-order valence-electron chi connectivity index (χ0n) is 13.8. The second kappa shape index (κ2) is 6.39. The molecule has 0 aromatic heterocycles. The third-order valence-corrected chi connectivity index (χ3v) is 5.81. The van der Waals surface area contributed by atoms with E-state index in [1.165, 1.54) is 0 Å². The quantitative estimate of drug-likeness (QED) is 0.545. The molecule has 1 aliphatic heterocycles. The summed E-state index contributed by atoms with van der Waals surface area (Å²) in [7, 11) is 0. The smallest absolute Gasteiger partial charge is 0.324 e. The van der Waals surface area contributed by atoms with Crippen LogP contribution < -0.4 is 10.6 Å². The number of hydrogen-bond acceptors (Lipinski definition) is 3. The van der Waals surface area contributed by atoms with Gasteiger partial charge in [0.25, 0.3) is 5.91 Å². The van der Waals surface area contributed by atoms with Crippen molar-refractivity contribution >= 4 is 46.1 Å². The Hall–Kier alpha value is -2.42. The van der Waals surface area contributed by atoms with Gasteiger partial charge in [-0.05, 0) is 58.7 Å². The number of fused-ring (bicyclic) bond motifs is 2. The molecule has 4 rings (SSSR count). The van der Waals surface area contributed by atoms with Crippen LogP contribution in [0.4, 0.5) is 10.5 Å². The van der Waals surface area contributed by atoms with Gasteiger partial charge in [-0.15, -0.1) is 0 Å². The van der Waals surface area contributed by atoms with Crippen molar-refractivity contribution < 1.29 is 14.4 Å². The minimum absolute atomic E-state index is 0.306. The van der Waals surface area contributed by atoms with Crippen LogP contribution in [0.25, 0.3) is 0 Å². The molecule has 1 atom stereocenters. The van der Waals surface area contributed by atoms with Crippen LogP contribution in [0.15, 0.2) is 48.5 Å². The fourth-order valence-electron chi connectivity index (χ4n) is 3.63. The van der Waals surface area contributed by atoms with Crippen LogP contribution in [0.3, 0.4) is 0 Å². The minimum atomic E-state index is -1.03. The summed E-state index contributed by atoms with van der Waals surface area (Å²) in [6, 6.07) is 14.4. The molecule has 1 aliphatic carbocycles. The number of carbonyl (C=O) groups excluding carboxylic acids is 3. The first-order chi connectivity index (χ1) is 12.5. The number of rotatable bonds is 3. The number of amides is 4. The number of anilines is 1. The molecule has 2 aromatic rings. The first-order valence-corrected chi connectivity index (χ1v) is 9.36. The molecular weight excluding hydrogens is 445 g/mol. The maximum atomic E-state index is 13.0. The third-order valence-electron chi connectivity index (χ3n) is 4.87. The van der Waals surface area contributed by atoms with E-state index in [1.807, 2.05) is 42.5 Å². The van der Waals surface area contributed by atoms with Crippen molar-refractivity contribution in [1.82, 2.24) is 10.2 Å². The van der Waals surface area contributed by atoms with E-state index in [2.05, 4.69) is 33.2 Å². The SMILES string of the molecule is O=C(CN1C(=O)NC2(CCc3ccccc32)C1=O)Nc1ccccc1I. The highest BCUT2D eigenvalue weighted by atomic mass is 127. The van der Waals surface area contributed by atoms with Crippen LogP contribution >= 0.6 is 22.6 Å². The Morgan fingerprint density at radius 2 is 1.88 bits per heavy atom. The second-order valence-electron chi connectivity index (χ2n) is 6.41. The molecule has 0 radical (unpaired) electrons. The summed E-state index contributed by atoms with van der Waals surface area (Å²) in [6.45, 7) is -0.306. The number of imide groups is 1. The van der Waals surface area contributed by atoms with Gasteiger partial charge in [-0.2, -0.15) is 0 Å².